The van der Waals surface area contributed by atoms with Gasteiger partial charge in [-0.1, -0.05) is 76.2 Å². The Bertz CT molecular complexity index is 425. The minimum Gasteiger partial charge on any atom is -0.0623 e. The summed E-state index contributed by atoms with van der Waals surface area (Å²) in [5.41, 5.74) is 6.30. The van der Waals surface area contributed by atoms with E-state index in [0.29, 0.717) is 0 Å². The van der Waals surface area contributed by atoms with Crippen molar-refractivity contribution in [3.63, 3.8) is 0 Å². The third-order valence-electron chi connectivity index (χ3n) is 3.76. The number of aryl methyl sites for hydroxylation is 2. The fraction of sp³-hybridized carbons (Fsp3) is 0.400. The van der Waals surface area contributed by atoms with Crippen LogP contribution < -0.4 is 0 Å². The molecule has 2 rings (SSSR count). The van der Waals surface area contributed by atoms with E-state index in [2.05, 4.69) is 39.8 Å². The van der Waals surface area contributed by atoms with E-state index in [1.54, 1.807) is 22.3 Å². The van der Waals surface area contributed by atoms with Crippen LogP contribution in [0.1, 0.15) is 49.9 Å². The second kappa shape index (κ2) is 9.36. The van der Waals surface area contributed by atoms with Crippen LogP contribution >= 0.6 is 0 Å². The van der Waals surface area contributed by atoms with Crippen LogP contribution in [0, 0.1) is 0 Å². The molecule has 20 heavy (non-hydrogen) atoms. The lowest BCUT2D eigenvalue weighted by Gasteiger charge is -2.15. The van der Waals surface area contributed by atoms with Gasteiger partial charge in [-0.2, -0.15) is 0 Å². The topological polar surface area (TPSA) is 0 Å². The van der Waals surface area contributed by atoms with Gasteiger partial charge in [0.2, 0.25) is 0 Å². The molecule has 0 atom stereocenters. The monoisotopic (exact) mass is 268 g/mol. The van der Waals surface area contributed by atoms with Crippen molar-refractivity contribution < 1.29 is 0 Å². The molecule has 0 heteroatoms. The summed E-state index contributed by atoms with van der Waals surface area (Å²) in [6.45, 7) is 9.04. The van der Waals surface area contributed by atoms with Gasteiger partial charge in [-0.05, 0) is 47.9 Å². The van der Waals surface area contributed by atoms with Crippen molar-refractivity contribution in [3.05, 3.63) is 70.8 Å². The molecule has 0 fully saturated rings. The number of hydrogen-bond acceptors (Lipinski definition) is 0. The van der Waals surface area contributed by atoms with E-state index in [1.807, 2.05) is 36.4 Å². The van der Waals surface area contributed by atoms with Gasteiger partial charge in [-0.15, -0.1) is 0 Å². The zero-order valence-electron chi connectivity index (χ0n) is 13.4. The first kappa shape index (κ1) is 16.5. The highest BCUT2D eigenvalue weighted by molar-refractivity contribution is 5.41. The number of hydrogen-bond donors (Lipinski definition) is 0. The van der Waals surface area contributed by atoms with Crippen LogP contribution in [-0.4, -0.2) is 0 Å². The summed E-state index contributed by atoms with van der Waals surface area (Å²) >= 11 is 0. The van der Waals surface area contributed by atoms with Crippen LogP contribution in [0.15, 0.2) is 48.5 Å². The minimum atomic E-state index is 1.17. The van der Waals surface area contributed by atoms with Gasteiger partial charge in [0.25, 0.3) is 0 Å². The van der Waals surface area contributed by atoms with Crippen molar-refractivity contribution in [2.24, 2.45) is 0 Å². The summed E-state index contributed by atoms with van der Waals surface area (Å²) < 4.78 is 0. The van der Waals surface area contributed by atoms with Crippen molar-refractivity contribution in [1.82, 2.24) is 0 Å². The molecule has 0 unspecified atom stereocenters. The Morgan fingerprint density at radius 1 is 0.500 bits per heavy atom. The Labute approximate surface area is 124 Å². The van der Waals surface area contributed by atoms with Gasteiger partial charge in [-0.25, -0.2) is 0 Å². The maximum absolute atomic E-state index is 2.32. The highest BCUT2D eigenvalue weighted by Gasteiger charge is 2.07. The van der Waals surface area contributed by atoms with Crippen molar-refractivity contribution in [2.45, 2.75) is 53.4 Å². The first-order valence-electron chi connectivity index (χ1n) is 7.90. The van der Waals surface area contributed by atoms with E-state index >= 15 is 0 Å². The number of rotatable bonds is 4. The molecule has 108 valence electrons. The third kappa shape index (κ3) is 4.52. The molecule has 0 aliphatic carbocycles. The summed E-state index contributed by atoms with van der Waals surface area (Å²) in [5, 5.41) is 0. The van der Waals surface area contributed by atoms with E-state index in [9.17, 15) is 0 Å². The maximum Gasteiger partial charge on any atom is -0.0302 e. The zero-order chi connectivity index (χ0) is 14.8. The van der Waals surface area contributed by atoms with Gasteiger partial charge >= 0.3 is 0 Å². The van der Waals surface area contributed by atoms with Gasteiger partial charge in [0.1, 0.15) is 0 Å². The van der Waals surface area contributed by atoms with Crippen LogP contribution in [0.5, 0.6) is 0 Å². The molecule has 0 bridgehead atoms. The van der Waals surface area contributed by atoms with Gasteiger partial charge in [-0.3, -0.25) is 0 Å². The van der Waals surface area contributed by atoms with Crippen LogP contribution in [0.4, 0.5) is 0 Å². The van der Waals surface area contributed by atoms with E-state index in [0.717, 1.165) is 0 Å². The molecule has 0 aromatic heterocycles. The highest BCUT2D eigenvalue weighted by Crippen LogP contribution is 2.22. The van der Waals surface area contributed by atoms with Crippen molar-refractivity contribution in [2.75, 3.05) is 0 Å². The Morgan fingerprint density at radius 2 is 0.800 bits per heavy atom. The van der Waals surface area contributed by atoms with E-state index in [1.165, 1.54) is 25.7 Å². The van der Waals surface area contributed by atoms with E-state index in [4.69, 9.17) is 0 Å². The van der Waals surface area contributed by atoms with Gasteiger partial charge in [0.15, 0.2) is 0 Å². The van der Waals surface area contributed by atoms with Crippen LogP contribution in [-0.2, 0) is 25.7 Å². The molecule has 2 aromatic carbocycles. The van der Waals surface area contributed by atoms with Gasteiger partial charge < -0.3 is 0 Å². The Morgan fingerprint density at radius 3 is 1.00 bits per heavy atom. The molecule has 0 amide bonds. The Hall–Kier alpha value is -1.56. The van der Waals surface area contributed by atoms with E-state index in [-0.39, 0.29) is 0 Å². The summed E-state index contributed by atoms with van der Waals surface area (Å²) in [5.74, 6) is 0. The molecule has 0 saturated carbocycles. The smallest absolute Gasteiger partial charge is 0.0302 e. The predicted octanol–water partition coefficient (Wildman–Crippen LogP) is 5.62. The molecule has 0 nitrogen and oxygen atoms in total. The standard InChI is InChI=1S/C14H22.C6H6/c1-5-11-9-10-12(6-2)14(8-4)13(11)7-3;1-2-4-6-5-3-1/h9-10H,5-8H2,1-4H3;1-6H. The molecule has 0 spiro atoms. The first-order chi connectivity index (χ1) is 9.78. The molecular weight excluding hydrogens is 240 g/mol. The Kier molecular flexibility index (Phi) is 7.72. The quantitative estimate of drug-likeness (QED) is 0.675. The molecule has 0 heterocycles. The first-order valence-corrected chi connectivity index (χ1v) is 7.90. The fourth-order valence-electron chi connectivity index (χ4n) is 2.72. The lowest BCUT2D eigenvalue weighted by molar-refractivity contribution is 0.945. The molecule has 2 aromatic rings. The van der Waals surface area contributed by atoms with Gasteiger partial charge in [0.05, 0.1) is 0 Å². The van der Waals surface area contributed by atoms with Crippen molar-refractivity contribution in [1.29, 1.82) is 0 Å². The SMILES string of the molecule is CCc1ccc(CC)c(CC)c1CC.c1ccccc1. The summed E-state index contributed by atoms with van der Waals surface area (Å²) in [4.78, 5) is 0. The maximum atomic E-state index is 2.32. The average Bonchev–Trinajstić information content (AvgIpc) is 2.55. The van der Waals surface area contributed by atoms with Crippen LogP contribution in [0.3, 0.4) is 0 Å². The molecule has 0 aliphatic heterocycles. The largest absolute Gasteiger partial charge is 0.0623 e. The lowest BCUT2D eigenvalue weighted by atomic mass is 9.90. The summed E-state index contributed by atoms with van der Waals surface area (Å²) in [7, 11) is 0. The second-order valence-corrected chi connectivity index (χ2v) is 4.91. The van der Waals surface area contributed by atoms with E-state index < -0.39 is 0 Å². The van der Waals surface area contributed by atoms with Crippen LogP contribution in [0.25, 0.3) is 0 Å². The van der Waals surface area contributed by atoms with Gasteiger partial charge in [0, 0.05) is 0 Å². The summed E-state index contributed by atoms with van der Waals surface area (Å²) in [6.07, 6.45) is 4.70. The lowest BCUT2D eigenvalue weighted by Crippen LogP contribution is -2.01. The Balaban J connectivity index is 0.000000276. The minimum absolute atomic E-state index is 1.17. The normalized spacial score (nSPS) is 9.80. The summed E-state index contributed by atoms with van der Waals surface area (Å²) in [6, 6.07) is 16.6. The second-order valence-electron chi connectivity index (χ2n) is 4.91. The predicted molar refractivity (Wildman–Crippen MR) is 90.4 cm³/mol. The molecule has 0 saturated heterocycles. The number of benzene rings is 2. The van der Waals surface area contributed by atoms with Crippen LogP contribution in [0.2, 0.25) is 0 Å². The zero-order valence-corrected chi connectivity index (χ0v) is 13.4. The molecule has 0 aliphatic rings. The fourth-order valence-corrected chi connectivity index (χ4v) is 2.72. The van der Waals surface area contributed by atoms with Crippen molar-refractivity contribution >= 4 is 0 Å². The highest BCUT2D eigenvalue weighted by atomic mass is 14.1. The van der Waals surface area contributed by atoms with Crippen molar-refractivity contribution in [3.8, 4) is 0 Å². The molecular formula is C20H28. The average molecular weight is 268 g/mol. The molecule has 0 radical (unpaired) electrons. The third-order valence-corrected chi connectivity index (χ3v) is 3.76. The molecule has 0 N–H and O–H groups in total.